The largest absolute Gasteiger partial charge is 0.478 e. The second-order valence-corrected chi connectivity index (χ2v) is 5.92. The van der Waals surface area contributed by atoms with Gasteiger partial charge in [0.05, 0.1) is 23.3 Å². The van der Waals surface area contributed by atoms with Gasteiger partial charge in [-0.1, -0.05) is 30.3 Å². The number of carboxylic acid groups (broad SMARTS) is 1. The zero-order valence-corrected chi connectivity index (χ0v) is 14.2. The van der Waals surface area contributed by atoms with Gasteiger partial charge in [0.15, 0.2) is 0 Å². The van der Waals surface area contributed by atoms with Crippen LogP contribution in [0.2, 0.25) is 0 Å². The molecular weight excluding hydrogens is 344 g/mol. The van der Waals surface area contributed by atoms with Gasteiger partial charge in [0.1, 0.15) is 6.73 Å². The summed E-state index contributed by atoms with van der Waals surface area (Å²) in [6.07, 6.45) is 5.28. The molecule has 0 unspecified atom stereocenters. The monoisotopic (exact) mass is 360 g/mol. The Morgan fingerprint density at radius 2 is 1.85 bits per heavy atom. The van der Waals surface area contributed by atoms with Crippen LogP contribution in [0.5, 0.6) is 0 Å². The minimum atomic E-state index is -1.02. The molecule has 0 bridgehead atoms. The van der Waals surface area contributed by atoms with Gasteiger partial charge in [-0.15, -0.1) is 0 Å². The van der Waals surface area contributed by atoms with Crippen molar-refractivity contribution in [2.24, 2.45) is 0 Å². The number of carboxylic acids is 1. The van der Waals surface area contributed by atoms with Crippen LogP contribution in [0, 0.1) is 0 Å². The van der Waals surface area contributed by atoms with Crippen LogP contribution in [-0.2, 0) is 6.73 Å². The fourth-order valence-electron chi connectivity index (χ4n) is 3.00. The molecule has 27 heavy (non-hydrogen) atoms. The van der Waals surface area contributed by atoms with Gasteiger partial charge in [0, 0.05) is 29.2 Å². The molecule has 7 nitrogen and oxygen atoms in total. The predicted octanol–water partition coefficient (Wildman–Crippen LogP) is 3.05. The van der Waals surface area contributed by atoms with E-state index in [0.29, 0.717) is 17.0 Å². The number of aromatic nitrogens is 4. The lowest BCUT2D eigenvalue weighted by Gasteiger charge is -2.06. The maximum absolute atomic E-state index is 11.5. The second-order valence-electron chi connectivity index (χ2n) is 5.92. The molecule has 0 saturated heterocycles. The van der Waals surface area contributed by atoms with E-state index in [4.69, 9.17) is 0 Å². The quantitative estimate of drug-likeness (QED) is 0.571. The third-order valence-corrected chi connectivity index (χ3v) is 4.31. The van der Waals surface area contributed by atoms with E-state index < -0.39 is 5.97 Å². The summed E-state index contributed by atoms with van der Waals surface area (Å²) >= 11 is 0. The summed E-state index contributed by atoms with van der Waals surface area (Å²) in [7, 11) is 0. The highest BCUT2D eigenvalue weighted by Gasteiger charge is 2.16. The first-order valence-electron chi connectivity index (χ1n) is 8.27. The van der Waals surface area contributed by atoms with Crippen molar-refractivity contribution in [3.05, 3.63) is 78.9 Å². The lowest BCUT2D eigenvalue weighted by atomic mass is 10.0. The molecule has 0 aliphatic heterocycles. The van der Waals surface area contributed by atoms with Gasteiger partial charge >= 0.3 is 5.97 Å². The van der Waals surface area contributed by atoms with Crippen LogP contribution in [0.3, 0.4) is 0 Å². The van der Waals surface area contributed by atoms with Crippen LogP contribution in [0.4, 0.5) is 0 Å². The van der Waals surface area contributed by atoms with Gasteiger partial charge in [0.2, 0.25) is 0 Å². The Labute approximate surface area is 154 Å². The normalized spacial score (nSPS) is 10.9. The Balaban J connectivity index is 1.76. The number of imidazole rings is 1. The van der Waals surface area contributed by atoms with Crippen molar-refractivity contribution >= 4 is 5.97 Å². The summed E-state index contributed by atoms with van der Waals surface area (Å²) in [5.41, 5.74) is 3.69. The summed E-state index contributed by atoms with van der Waals surface area (Å²) in [5, 5.41) is 23.5. The van der Waals surface area contributed by atoms with Gasteiger partial charge < -0.3 is 14.8 Å². The first kappa shape index (κ1) is 16.7. The Morgan fingerprint density at radius 1 is 1.07 bits per heavy atom. The van der Waals surface area contributed by atoms with Crippen molar-refractivity contribution in [2.45, 2.75) is 6.73 Å². The summed E-state index contributed by atoms with van der Waals surface area (Å²) in [4.78, 5) is 15.5. The molecule has 0 atom stereocenters. The van der Waals surface area contributed by atoms with Crippen LogP contribution in [0.25, 0.3) is 28.2 Å². The van der Waals surface area contributed by atoms with Crippen LogP contribution in [0.15, 0.2) is 73.3 Å². The Bertz CT molecular complexity index is 1080. The number of hydrogen-bond donors (Lipinski definition) is 2. The third-order valence-electron chi connectivity index (χ3n) is 4.31. The fraction of sp³-hybridized carbons (Fsp3) is 0.0500. The summed E-state index contributed by atoms with van der Waals surface area (Å²) in [5.74, 6) is -1.02. The number of carbonyl (C=O) groups is 1. The molecule has 0 aliphatic rings. The van der Waals surface area contributed by atoms with E-state index >= 15 is 0 Å². The highest BCUT2D eigenvalue weighted by Crippen LogP contribution is 2.29. The van der Waals surface area contributed by atoms with Crippen molar-refractivity contribution in [3.63, 3.8) is 0 Å². The fourth-order valence-corrected chi connectivity index (χ4v) is 3.00. The van der Waals surface area contributed by atoms with E-state index in [2.05, 4.69) is 10.1 Å². The number of hydrogen-bond acceptors (Lipinski definition) is 4. The molecule has 0 fully saturated rings. The maximum Gasteiger partial charge on any atom is 0.336 e. The predicted molar refractivity (Wildman–Crippen MR) is 99.4 cm³/mol. The molecular formula is C20H16N4O3. The van der Waals surface area contributed by atoms with Crippen molar-refractivity contribution in [1.29, 1.82) is 0 Å². The highest BCUT2D eigenvalue weighted by molar-refractivity contribution is 5.95. The van der Waals surface area contributed by atoms with Crippen LogP contribution in [-0.4, -0.2) is 35.5 Å². The minimum absolute atomic E-state index is 0.169. The first-order chi connectivity index (χ1) is 13.2. The minimum Gasteiger partial charge on any atom is -0.478 e. The standard InChI is InChI=1S/C20H16N4O3/c25-13-24-19(14-5-7-15(8-6-14)23-10-9-21-12-23)11-18(22-24)16-3-1-2-4-17(16)20(26)27/h1-12,25H,13H2,(H,26,27). The number of aliphatic hydroxyl groups is 1. The molecule has 4 aromatic rings. The second kappa shape index (κ2) is 6.89. The molecule has 2 N–H and O–H groups in total. The molecule has 2 aromatic carbocycles. The van der Waals surface area contributed by atoms with E-state index in [9.17, 15) is 15.0 Å². The van der Waals surface area contributed by atoms with E-state index in [-0.39, 0.29) is 12.3 Å². The van der Waals surface area contributed by atoms with E-state index in [1.54, 1.807) is 36.8 Å². The van der Waals surface area contributed by atoms with E-state index in [1.165, 1.54) is 10.7 Å². The highest BCUT2D eigenvalue weighted by atomic mass is 16.4. The lowest BCUT2D eigenvalue weighted by Crippen LogP contribution is -2.02. The van der Waals surface area contributed by atoms with Crippen molar-refractivity contribution < 1.29 is 15.0 Å². The summed E-state index contributed by atoms with van der Waals surface area (Å²) < 4.78 is 3.34. The van der Waals surface area contributed by atoms with E-state index in [0.717, 1.165) is 11.3 Å². The summed E-state index contributed by atoms with van der Waals surface area (Å²) in [6.45, 7) is -0.312. The molecule has 2 heterocycles. The number of nitrogens with zero attached hydrogens (tertiary/aromatic N) is 4. The average Bonchev–Trinajstić information content (AvgIpc) is 3.38. The molecule has 0 amide bonds. The first-order valence-corrected chi connectivity index (χ1v) is 8.27. The van der Waals surface area contributed by atoms with Gasteiger partial charge in [-0.3, -0.25) is 0 Å². The smallest absolute Gasteiger partial charge is 0.336 e. The molecule has 7 heteroatoms. The average molecular weight is 360 g/mol. The van der Waals surface area contributed by atoms with Gasteiger partial charge in [-0.2, -0.15) is 5.10 Å². The van der Waals surface area contributed by atoms with Crippen LogP contribution >= 0.6 is 0 Å². The maximum atomic E-state index is 11.5. The van der Waals surface area contributed by atoms with Crippen molar-refractivity contribution in [1.82, 2.24) is 19.3 Å². The molecule has 4 rings (SSSR count). The SMILES string of the molecule is O=C(O)c1ccccc1-c1cc(-c2ccc(-n3ccnc3)cc2)n(CO)n1. The number of aliphatic hydroxyl groups excluding tert-OH is 1. The molecule has 0 spiro atoms. The van der Waals surface area contributed by atoms with Gasteiger partial charge in [-0.25, -0.2) is 14.5 Å². The van der Waals surface area contributed by atoms with Crippen LogP contribution < -0.4 is 0 Å². The number of rotatable bonds is 5. The summed E-state index contributed by atoms with van der Waals surface area (Å²) in [6, 6.07) is 16.2. The zero-order valence-electron chi connectivity index (χ0n) is 14.2. The Hall–Kier alpha value is -3.71. The lowest BCUT2D eigenvalue weighted by molar-refractivity contribution is 0.0697. The third kappa shape index (κ3) is 3.11. The molecule has 134 valence electrons. The Kier molecular flexibility index (Phi) is 4.27. The number of aromatic carboxylic acids is 1. The van der Waals surface area contributed by atoms with Gasteiger partial charge in [0.25, 0.3) is 0 Å². The topological polar surface area (TPSA) is 93.2 Å². The van der Waals surface area contributed by atoms with Gasteiger partial charge in [-0.05, 0) is 24.3 Å². The zero-order chi connectivity index (χ0) is 18.8. The molecule has 2 aromatic heterocycles. The van der Waals surface area contributed by atoms with Crippen molar-refractivity contribution in [3.8, 4) is 28.2 Å². The Morgan fingerprint density at radius 3 is 2.52 bits per heavy atom. The van der Waals surface area contributed by atoms with Crippen molar-refractivity contribution in [2.75, 3.05) is 0 Å². The van der Waals surface area contributed by atoms with E-state index in [1.807, 2.05) is 35.0 Å². The molecule has 0 saturated carbocycles. The number of benzene rings is 2. The molecule has 0 radical (unpaired) electrons. The molecule has 0 aliphatic carbocycles. The van der Waals surface area contributed by atoms with Crippen LogP contribution in [0.1, 0.15) is 10.4 Å².